The van der Waals surface area contributed by atoms with Crippen LogP contribution in [0.25, 0.3) is 0 Å². The summed E-state index contributed by atoms with van der Waals surface area (Å²) in [5.41, 5.74) is 4.26. The van der Waals surface area contributed by atoms with E-state index in [9.17, 15) is 0 Å². The van der Waals surface area contributed by atoms with E-state index in [4.69, 9.17) is 28.2 Å². The number of nitrogens with zero attached hydrogens (tertiary/aromatic N) is 3. The van der Waals surface area contributed by atoms with E-state index >= 15 is 0 Å². The van der Waals surface area contributed by atoms with E-state index in [1.54, 1.807) is 18.5 Å². The van der Waals surface area contributed by atoms with Gasteiger partial charge in [0.2, 0.25) is 0 Å². The van der Waals surface area contributed by atoms with Crippen LogP contribution in [0.4, 0.5) is 11.4 Å². The molecular weight excluding hydrogens is 403 g/mol. The minimum Gasteiger partial charge on any atom is -0.383 e. The number of hydrogen-bond donors (Lipinski definition) is 1. The molecule has 6 heteroatoms. The second-order valence-corrected chi connectivity index (χ2v) is 7.71. The number of halogens is 2. The third-order valence-electron chi connectivity index (χ3n) is 4.38. The maximum atomic E-state index is 6.57. The zero-order valence-corrected chi connectivity index (χ0v) is 18.1. The van der Waals surface area contributed by atoms with Crippen LogP contribution >= 0.6 is 23.2 Å². The van der Waals surface area contributed by atoms with Crippen molar-refractivity contribution in [3.05, 3.63) is 88.2 Å². The van der Waals surface area contributed by atoms with Gasteiger partial charge in [-0.3, -0.25) is 4.98 Å². The van der Waals surface area contributed by atoms with E-state index in [0.29, 0.717) is 15.7 Å². The summed E-state index contributed by atoms with van der Waals surface area (Å²) in [6.07, 6.45) is 4.29. The summed E-state index contributed by atoms with van der Waals surface area (Å²) >= 11 is 12.9. The van der Waals surface area contributed by atoms with Crippen molar-refractivity contribution in [1.82, 2.24) is 9.88 Å². The molecule has 0 radical (unpaired) electrons. The Labute approximate surface area is 182 Å². The number of nitrogens with one attached hydrogen (secondary N) is 1. The molecule has 1 aromatic heterocycles. The Hall–Kier alpha value is -2.40. The number of hydrogen-bond acceptors (Lipinski definition) is 4. The Kier molecular flexibility index (Phi) is 7.64. The lowest BCUT2D eigenvalue weighted by molar-refractivity contribution is 0.405. The molecule has 0 atom stereocenters. The first-order valence-electron chi connectivity index (χ1n) is 9.47. The quantitative estimate of drug-likeness (QED) is 0.358. The van der Waals surface area contributed by atoms with E-state index in [2.05, 4.69) is 29.3 Å². The molecule has 0 spiro atoms. The highest BCUT2D eigenvalue weighted by Gasteiger charge is 2.15. The predicted octanol–water partition coefficient (Wildman–Crippen LogP) is 5.92. The summed E-state index contributed by atoms with van der Waals surface area (Å²) in [6.45, 7) is 1.81. The number of pyridine rings is 1. The SMILES string of the molecule is CN(C)CCCNc1c(Cl)cccc1/C(=N\c1ccncc1Cl)c1ccccc1. The number of aliphatic imine (C=N–C) groups is 1. The second kappa shape index (κ2) is 10.4. The highest BCUT2D eigenvalue weighted by atomic mass is 35.5. The molecular formula is C23H24Cl2N4. The summed E-state index contributed by atoms with van der Waals surface area (Å²) in [7, 11) is 4.14. The molecule has 0 bridgehead atoms. The summed E-state index contributed by atoms with van der Waals surface area (Å²) in [4.78, 5) is 11.1. The van der Waals surface area contributed by atoms with Gasteiger partial charge in [0.05, 0.1) is 27.1 Å². The summed E-state index contributed by atoms with van der Waals surface area (Å²) in [5, 5.41) is 4.67. The third kappa shape index (κ3) is 5.80. The molecule has 29 heavy (non-hydrogen) atoms. The van der Waals surface area contributed by atoms with Crippen molar-refractivity contribution in [2.45, 2.75) is 6.42 Å². The van der Waals surface area contributed by atoms with E-state index in [0.717, 1.165) is 42.0 Å². The fraction of sp³-hybridized carbons (Fsp3) is 0.217. The molecule has 1 N–H and O–H groups in total. The maximum absolute atomic E-state index is 6.57. The van der Waals surface area contributed by atoms with Gasteiger partial charge in [0.1, 0.15) is 0 Å². The van der Waals surface area contributed by atoms with Crippen LogP contribution < -0.4 is 5.32 Å². The van der Waals surface area contributed by atoms with Crippen LogP contribution in [0.2, 0.25) is 10.0 Å². The molecule has 0 aliphatic rings. The molecule has 0 amide bonds. The van der Waals surface area contributed by atoms with Crippen LogP contribution in [-0.2, 0) is 0 Å². The van der Waals surface area contributed by atoms with Crippen LogP contribution in [0, 0.1) is 0 Å². The van der Waals surface area contributed by atoms with Crippen molar-refractivity contribution in [3.8, 4) is 0 Å². The summed E-state index contributed by atoms with van der Waals surface area (Å²) in [6, 6.07) is 17.7. The van der Waals surface area contributed by atoms with E-state index in [-0.39, 0.29) is 0 Å². The average molecular weight is 427 g/mol. The number of aromatic nitrogens is 1. The van der Waals surface area contributed by atoms with Crippen LogP contribution in [0.5, 0.6) is 0 Å². The van der Waals surface area contributed by atoms with Gasteiger partial charge in [-0.2, -0.15) is 0 Å². The van der Waals surface area contributed by atoms with Crippen LogP contribution in [-0.4, -0.2) is 42.8 Å². The lowest BCUT2D eigenvalue weighted by atomic mass is 10.00. The lowest BCUT2D eigenvalue weighted by Gasteiger charge is -2.17. The highest BCUT2D eigenvalue weighted by molar-refractivity contribution is 6.35. The molecule has 0 saturated heterocycles. The van der Waals surface area contributed by atoms with Crippen LogP contribution in [0.15, 0.2) is 72.0 Å². The van der Waals surface area contributed by atoms with Crippen molar-refractivity contribution in [2.75, 3.05) is 32.5 Å². The Balaban J connectivity index is 2.05. The number of anilines is 1. The smallest absolute Gasteiger partial charge is 0.0854 e. The van der Waals surface area contributed by atoms with Gasteiger partial charge in [0, 0.05) is 30.1 Å². The van der Waals surface area contributed by atoms with E-state index < -0.39 is 0 Å². The first kappa shape index (κ1) is 21.3. The molecule has 0 aliphatic heterocycles. The molecule has 4 nitrogen and oxygen atoms in total. The summed E-state index contributed by atoms with van der Waals surface area (Å²) in [5.74, 6) is 0. The second-order valence-electron chi connectivity index (χ2n) is 6.90. The van der Waals surface area contributed by atoms with Gasteiger partial charge in [-0.05, 0) is 39.2 Å². The van der Waals surface area contributed by atoms with Gasteiger partial charge in [-0.15, -0.1) is 0 Å². The first-order chi connectivity index (χ1) is 14.1. The lowest BCUT2D eigenvalue weighted by Crippen LogP contribution is -2.17. The van der Waals surface area contributed by atoms with Crippen LogP contribution in [0.1, 0.15) is 17.5 Å². The van der Waals surface area contributed by atoms with E-state index in [1.807, 2.05) is 48.5 Å². The first-order valence-corrected chi connectivity index (χ1v) is 10.2. The standard InChI is InChI=1S/C23H24Cl2N4/c1-29(2)15-7-13-27-23-18(10-6-11-19(23)24)22(17-8-4-3-5-9-17)28-21-12-14-26-16-20(21)25/h3-6,8-12,14,16,27H,7,13,15H2,1-2H3/b28-22-. The van der Waals surface area contributed by atoms with Crippen molar-refractivity contribution in [2.24, 2.45) is 4.99 Å². The molecule has 2 aromatic carbocycles. The van der Waals surface area contributed by atoms with Crippen molar-refractivity contribution in [3.63, 3.8) is 0 Å². The molecule has 3 rings (SSSR count). The Morgan fingerprint density at radius 3 is 2.52 bits per heavy atom. The monoisotopic (exact) mass is 426 g/mol. The zero-order valence-electron chi connectivity index (χ0n) is 16.6. The maximum Gasteiger partial charge on any atom is 0.0854 e. The molecule has 0 unspecified atom stereocenters. The van der Waals surface area contributed by atoms with Gasteiger partial charge in [0.15, 0.2) is 0 Å². The minimum absolute atomic E-state index is 0.503. The molecule has 0 saturated carbocycles. The normalized spacial score (nSPS) is 11.7. The molecule has 0 aliphatic carbocycles. The Morgan fingerprint density at radius 2 is 1.79 bits per heavy atom. The van der Waals surface area contributed by atoms with Crippen molar-refractivity contribution >= 4 is 40.3 Å². The predicted molar refractivity (Wildman–Crippen MR) is 124 cm³/mol. The van der Waals surface area contributed by atoms with Gasteiger partial charge < -0.3 is 10.2 Å². The molecule has 0 fully saturated rings. The van der Waals surface area contributed by atoms with Crippen LogP contribution in [0.3, 0.4) is 0 Å². The zero-order chi connectivity index (χ0) is 20.6. The largest absolute Gasteiger partial charge is 0.383 e. The molecule has 1 heterocycles. The van der Waals surface area contributed by atoms with Gasteiger partial charge in [0.25, 0.3) is 0 Å². The number of rotatable bonds is 8. The van der Waals surface area contributed by atoms with E-state index in [1.165, 1.54) is 0 Å². The Morgan fingerprint density at radius 1 is 1.00 bits per heavy atom. The fourth-order valence-corrected chi connectivity index (χ4v) is 3.37. The number of para-hydroxylation sites is 1. The van der Waals surface area contributed by atoms with Crippen molar-refractivity contribution in [1.29, 1.82) is 0 Å². The summed E-state index contributed by atoms with van der Waals surface area (Å²) < 4.78 is 0. The molecule has 150 valence electrons. The highest BCUT2D eigenvalue weighted by Crippen LogP contribution is 2.31. The average Bonchev–Trinajstić information content (AvgIpc) is 2.72. The van der Waals surface area contributed by atoms with Gasteiger partial charge in [-0.25, -0.2) is 4.99 Å². The molecule has 3 aromatic rings. The Bertz CT molecular complexity index is 972. The number of benzene rings is 2. The van der Waals surface area contributed by atoms with Gasteiger partial charge in [-0.1, -0.05) is 65.7 Å². The minimum atomic E-state index is 0.503. The van der Waals surface area contributed by atoms with Gasteiger partial charge >= 0.3 is 0 Å². The van der Waals surface area contributed by atoms with Crippen molar-refractivity contribution < 1.29 is 0 Å². The topological polar surface area (TPSA) is 40.5 Å². The fourth-order valence-electron chi connectivity index (χ4n) is 2.97. The third-order valence-corrected chi connectivity index (χ3v) is 4.99.